The van der Waals surface area contributed by atoms with Crippen molar-refractivity contribution in [3.8, 4) is 0 Å². The average molecular weight is 283 g/mol. The molecule has 1 aliphatic heterocycles. The van der Waals surface area contributed by atoms with Crippen molar-refractivity contribution in [3.05, 3.63) is 35.4 Å². The molecule has 0 saturated heterocycles. The Bertz CT molecular complexity index is 559. The van der Waals surface area contributed by atoms with Crippen LogP contribution in [0.1, 0.15) is 34.6 Å². The Morgan fingerprint density at radius 1 is 1.20 bits per heavy atom. The zero-order valence-electron chi connectivity index (χ0n) is 10.7. The number of hydroxylamine groups is 2. The first-order valence-electron chi connectivity index (χ1n) is 5.81. The number of carbonyl (C=O) groups is 3. The number of fused-ring (bicyclic) bond motifs is 1. The number of hydrogen-bond donors (Lipinski definition) is 0. The predicted molar refractivity (Wildman–Crippen MR) is 62.8 cm³/mol. The molecule has 1 unspecified atom stereocenters. The van der Waals surface area contributed by atoms with Gasteiger partial charge in [-0.3, -0.25) is 9.59 Å². The van der Waals surface area contributed by atoms with Crippen LogP contribution in [0.15, 0.2) is 24.3 Å². The molecule has 0 aromatic heterocycles. The number of amides is 2. The number of hydrogen-bond acceptors (Lipinski definition) is 4. The van der Waals surface area contributed by atoms with Crippen LogP contribution >= 0.6 is 0 Å². The summed E-state index contributed by atoms with van der Waals surface area (Å²) < 4.78 is 26.0. The van der Waals surface area contributed by atoms with E-state index in [1.807, 2.05) is 0 Å². The monoisotopic (exact) mass is 283 g/mol. The Kier molecular flexibility index (Phi) is 3.29. The molecular formula is C13H11F2NO4. The van der Waals surface area contributed by atoms with Crippen LogP contribution < -0.4 is 0 Å². The van der Waals surface area contributed by atoms with E-state index >= 15 is 0 Å². The number of carbonyl (C=O) groups excluding carboxylic acids is 3. The van der Waals surface area contributed by atoms with Crippen LogP contribution in [-0.2, 0) is 9.63 Å². The van der Waals surface area contributed by atoms with Gasteiger partial charge in [-0.1, -0.05) is 17.2 Å². The van der Waals surface area contributed by atoms with Crippen molar-refractivity contribution in [1.29, 1.82) is 0 Å². The Balaban J connectivity index is 2.19. The van der Waals surface area contributed by atoms with Gasteiger partial charge in [0.2, 0.25) is 0 Å². The van der Waals surface area contributed by atoms with Gasteiger partial charge in [-0.15, -0.1) is 0 Å². The second-order valence-corrected chi connectivity index (χ2v) is 4.54. The summed E-state index contributed by atoms with van der Waals surface area (Å²) in [5.41, 5.74) is 0.141. The van der Waals surface area contributed by atoms with Crippen molar-refractivity contribution >= 4 is 17.8 Å². The van der Waals surface area contributed by atoms with Crippen LogP contribution in [0.3, 0.4) is 0 Å². The van der Waals surface area contributed by atoms with Crippen molar-refractivity contribution < 1.29 is 28.0 Å². The summed E-state index contributed by atoms with van der Waals surface area (Å²) in [7, 11) is 0. The van der Waals surface area contributed by atoms with Gasteiger partial charge in [-0.05, 0) is 19.1 Å². The topological polar surface area (TPSA) is 63.7 Å². The highest BCUT2D eigenvalue weighted by Gasteiger charge is 2.43. The summed E-state index contributed by atoms with van der Waals surface area (Å²) in [6, 6.07) is 5.86. The maximum atomic E-state index is 13.0. The zero-order chi connectivity index (χ0) is 15.1. The van der Waals surface area contributed by atoms with Crippen LogP contribution in [-0.4, -0.2) is 28.8 Å². The molecule has 0 aliphatic carbocycles. The molecule has 0 spiro atoms. The fourth-order valence-corrected chi connectivity index (χ4v) is 1.63. The minimum absolute atomic E-state index is 0.0706. The fraction of sp³-hybridized carbons (Fsp3) is 0.308. The van der Waals surface area contributed by atoms with E-state index in [1.54, 1.807) is 0 Å². The second-order valence-electron chi connectivity index (χ2n) is 4.54. The van der Waals surface area contributed by atoms with E-state index in [9.17, 15) is 23.2 Å². The van der Waals surface area contributed by atoms with Gasteiger partial charge in [0.15, 0.2) is 0 Å². The summed E-state index contributed by atoms with van der Waals surface area (Å²) in [5, 5.41) is 0.217. The lowest BCUT2D eigenvalue weighted by Gasteiger charge is -2.20. The molecule has 1 aliphatic rings. The lowest BCUT2D eigenvalue weighted by molar-refractivity contribution is -0.184. The quantitative estimate of drug-likeness (QED) is 0.796. The third-order valence-electron chi connectivity index (χ3n) is 3.05. The largest absolute Gasteiger partial charge is 0.342 e. The molecule has 106 valence electrons. The molecule has 1 aromatic carbocycles. The summed E-state index contributed by atoms with van der Waals surface area (Å²) in [4.78, 5) is 39.8. The molecule has 7 heteroatoms. The molecule has 2 amide bonds. The van der Waals surface area contributed by atoms with Gasteiger partial charge in [0.05, 0.1) is 11.1 Å². The van der Waals surface area contributed by atoms with Crippen LogP contribution in [0.5, 0.6) is 0 Å². The first-order valence-corrected chi connectivity index (χ1v) is 5.81. The first-order chi connectivity index (χ1) is 9.23. The van der Waals surface area contributed by atoms with Crippen LogP contribution in [0.4, 0.5) is 8.78 Å². The third-order valence-corrected chi connectivity index (χ3v) is 3.05. The van der Waals surface area contributed by atoms with Crippen molar-refractivity contribution in [2.45, 2.75) is 19.8 Å². The van der Waals surface area contributed by atoms with E-state index in [2.05, 4.69) is 4.84 Å². The van der Waals surface area contributed by atoms with E-state index in [4.69, 9.17) is 0 Å². The minimum Gasteiger partial charge on any atom is -0.329 e. The predicted octanol–water partition coefficient (Wildman–Crippen LogP) is 2.03. The van der Waals surface area contributed by atoms with Gasteiger partial charge in [0.1, 0.15) is 5.92 Å². The maximum Gasteiger partial charge on any atom is 0.342 e. The van der Waals surface area contributed by atoms with Crippen molar-refractivity contribution in [2.24, 2.45) is 5.92 Å². The van der Waals surface area contributed by atoms with E-state index < -0.39 is 29.6 Å². The van der Waals surface area contributed by atoms with Gasteiger partial charge in [0, 0.05) is 6.92 Å². The maximum absolute atomic E-state index is 13.0. The van der Waals surface area contributed by atoms with Gasteiger partial charge in [-0.2, -0.15) is 0 Å². The van der Waals surface area contributed by atoms with Crippen molar-refractivity contribution in [2.75, 3.05) is 0 Å². The van der Waals surface area contributed by atoms with E-state index in [0.717, 1.165) is 6.92 Å². The van der Waals surface area contributed by atoms with Crippen molar-refractivity contribution in [1.82, 2.24) is 5.06 Å². The van der Waals surface area contributed by atoms with Crippen LogP contribution in [0, 0.1) is 5.92 Å². The number of nitrogens with zero attached hydrogens (tertiary/aromatic N) is 1. The summed E-state index contributed by atoms with van der Waals surface area (Å²) >= 11 is 0. The summed E-state index contributed by atoms with van der Waals surface area (Å²) in [5.74, 6) is -8.11. The summed E-state index contributed by atoms with van der Waals surface area (Å²) in [6.07, 6.45) is 0. The van der Waals surface area contributed by atoms with Gasteiger partial charge < -0.3 is 4.84 Å². The molecule has 0 fully saturated rings. The van der Waals surface area contributed by atoms with Crippen molar-refractivity contribution in [3.63, 3.8) is 0 Å². The molecule has 0 radical (unpaired) electrons. The lowest BCUT2D eigenvalue weighted by atomic mass is 10.1. The number of rotatable bonds is 3. The molecule has 1 heterocycles. The van der Waals surface area contributed by atoms with E-state index in [0.29, 0.717) is 6.92 Å². The number of benzene rings is 1. The van der Waals surface area contributed by atoms with Crippen LogP contribution in [0.25, 0.3) is 0 Å². The molecule has 1 aromatic rings. The Labute approximate surface area is 113 Å². The lowest BCUT2D eigenvalue weighted by Crippen LogP contribution is -2.38. The molecule has 5 nitrogen and oxygen atoms in total. The molecule has 20 heavy (non-hydrogen) atoms. The highest BCUT2D eigenvalue weighted by molar-refractivity contribution is 6.20. The Morgan fingerprint density at radius 3 is 2.05 bits per heavy atom. The minimum atomic E-state index is -3.31. The highest BCUT2D eigenvalue weighted by atomic mass is 19.3. The van der Waals surface area contributed by atoms with E-state index in [1.165, 1.54) is 24.3 Å². The first kappa shape index (κ1) is 14.1. The molecule has 0 N–H and O–H groups in total. The average Bonchev–Trinajstić information content (AvgIpc) is 2.62. The number of alkyl halides is 2. The smallest absolute Gasteiger partial charge is 0.329 e. The molecule has 2 rings (SSSR count). The third kappa shape index (κ3) is 2.26. The summed E-state index contributed by atoms with van der Waals surface area (Å²) in [6.45, 7) is 1.52. The van der Waals surface area contributed by atoms with Gasteiger partial charge in [-0.25, -0.2) is 13.6 Å². The molecule has 1 atom stereocenters. The van der Waals surface area contributed by atoms with E-state index in [-0.39, 0.29) is 16.2 Å². The second kappa shape index (κ2) is 4.66. The molecule has 0 bridgehead atoms. The number of halogens is 2. The van der Waals surface area contributed by atoms with Gasteiger partial charge in [0.25, 0.3) is 17.7 Å². The SMILES string of the molecule is CC(C(=O)ON1C(=O)c2ccccc2C1=O)C(C)(F)F. The molecular weight excluding hydrogens is 272 g/mol. The Morgan fingerprint density at radius 2 is 1.65 bits per heavy atom. The number of imide groups is 1. The fourth-order valence-electron chi connectivity index (χ4n) is 1.63. The zero-order valence-corrected chi connectivity index (χ0v) is 10.7. The molecule has 0 saturated carbocycles. The highest BCUT2D eigenvalue weighted by Crippen LogP contribution is 2.27. The Hall–Kier alpha value is -2.31. The van der Waals surface area contributed by atoms with Crippen LogP contribution in [0.2, 0.25) is 0 Å². The standard InChI is InChI=1S/C13H11F2NO4/c1-7(13(2,14)15)12(19)20-16-10(17)8-5-3-4-6-9(8)11(16)18/h3-7H,1-2H3. The van der Waals surface area contributed by atoms with Gasteiger partial charge >= 0.3 is 5.97 Å². The normalized spacial score (nSPS) is 16.1.